The summed E-state index contributed by atoms with van der Waals surface area (Å²) >= 11 is 0. The van der Waals surface area contributed by atoms with E-state index in [4.69, 9.17) is 15.2 Å². The maximum atomic E-state index is 13.5. The first-order chi connectivity index (χ1) is 12.2. The summed E-state index contributed by atoms with van der Waals surface area (Å²) in [5.41, 5.74) is 5.03. The molecule has 0 fully saturated rings. The zero-order valence-electron chi connectivity index (χ0n) is 13.0. The van der Waals surface area contributed by atoms with Crippen molar-refractivity contribution >= 4 is 17.6 Å². The van der Waals surface area contributed by atoms with Gasteiger partial charge in [0.05, 0.1) is 11.3 Å². The number of halogens is 3. The molecular formula is C16H12F3N3O4. The number of carbonyl (C=O) groups is 2. The van der Waals surface area contributed by atoms with Gasteiger partial charge in [0.1, 0.15) is 0 Å². The summed E-state index contributed by atoms with van der Waals surface area (Å²) in [5, 5.41) is 3.75. The van der Waals surface area contributed by atoms with E-state index in [1.54, 1.807) is 5.32 Å². The molecule has 3 rings (SSSR count). The van der Waals surface area contributed by atoms with E-state index in [9.17, 15) is 22.8 Å². The predicted molar refractivity (Wildman–Crippen MR) is 83.6 cm³/mol. The molecule has 1 aliphatic heterocycles. The van der Waals surface area contributed by atoms with Gasteiger partial charge in [-0.1, -0.05) is 24.3 Å². The third kappa shape index (κ3) is 3.08. The van der Waals surface area contributed by atoms with Crippen LogP contribution in [0.4, 0.5) is 23.7 Å². The SMILES string of the molecule is NC(=O)c1ccccc1NC(=O)NC1(C(F)(F)F)Oc2ccccc2O1. The fraction of sp³-hybridized carbons (Fsp3) is 0.125. The van der Waals surface area contributed by atoms with Gasteiger partial charge < -0.3 is 20.5 Å². The Labute approximate surface area is 144 Å². The van der Waals surface area contributed by atoms with Gasteiger partial charge in [-0.2, -0.15) is 13.2 Å². The van der Waals surface area contributed by atoms with Crippen molar-refractivity contribution in [3.8, 4) is 11.5 Å². The third-order valence-electron chi connectivity index (χ3n) is 3.45. The van der Waals surface area contributed by atoms with E-state index in [2.05, 4.69) is 5.32 Å². The van der Waals surface area contributed by atoms with Crippen LogP contribution in [0, 0.1) is 0 Å². The Bertz CT molecular complexity index is 845. The van der Waals surface area contributed by atoms with E-state index in [1.807, 2.05) is 0 Å². The molecule has 7 nitrogen and oxygen atoms in total. The Balaban J connectivity index is 1.84. The number of ether oxygens (including phenoxy) is 2. The number of primary amides is 1. The van der Waals surface area contributed by atoms with Gasteiger partial charge in [0.2, 0.25) is 0 Å². The van der Waals surface area contributed by atoms with Crippen LogP contribution >= 0.6 is 0 Å². The molecule has 1 aliphatic rings. The highest BCUT2D eigenvalue weighted by molar-refractivity contribution is 6.02. The van der Waals surface area contributed by atoms with Crippen molar-refractivity contribution in [1.82, 2.24) is 5.32 Å². The number of hydrogen-bond donors (Lipinski definition) is 3. The zero-order chi connectivity index (χ0) is 18.9. The van der Waals surface area contributed by atoms with E-state index in [-0.39, 0.29) is 22.7 Å². The Hall–Kier alpha value is -3.43. The van der Waals surface area contributed by atoms with Crippen molar-refractivity contribution in [3.63, 3.8) is 0 Å². The summed E-state index contributed by atoms with van der Waals surface area (Å²) in [6, 6.07) is 9.73. The maximum absolute atomic E-state index is 13.5. The quantitative estimate of drug-likeness (QED) is 0.776. The van der Waals surface area contributed by atoms with Gasteiger partial charge in [0.25, 0.3) is 5.91 Å². The van der Waals surface area contributed by atoms with Gasteiger partial charge in [0, 0.05) is 0 Å². The van der Waals surface area contributed by atoms with Gasteiger partial charge in [-0.15, -0.1) is 0 Å². The van der Waals surface area contributed by atoms with Crippen molar-refractivity contribution in [2.24, 2.45) is 5.73 Å². The summed E-state index contributed by atoms with van der Waals surface area (Å²) in [4.78, 5) is 23.5. The van der Waals surface area contributed by atoms with E-state index >= 15 is 0 Å². The first-order valence-corrected chi connectivity index (χ1v) is 7.24. The fourth-order valence-corrected chi connectivity index (χ4v) is 2.30. The Kier molecular flexibility index (Phi) is 4.10. The van der Waals surface area contributed by atoms with Crippen molar-refractivity contribution in [3.05, 3.63) is 54.1 Å². The highest BCUT2D eigenvalue weighted by Gasteiger charge is 2.65. The first kappa shape index (κ1) is 17.4. The second-order valence-corrected chi connectivity index (χ2v) is 5.25. The minimum Gasteiger partial charge on any atom is -0.424 e. The minimum atomic E-state index is -5.09. The van der Waals surface area contributed by atoms with Crippen LogP contribution in [-0.4, -0.2) is 24.0 Å². The van der Waals surface area contributed by atoms with Crippen molar-refractivity contribution in [1.29, 1.82) is 0 Å². The third-order valence-corrected chi connectivity index (χ3v) is 3.45. The standard InChI is InChI=1S/C16H12F3N3O4/c17-15(18,19)16(25-11-7-3-4-8-12(11)26-16)22-14(24)21-10-6-2-1-5-9(10)13(20)23/h1-8H,(H2,20,23)(H2,21,22,24). The lowest BCUT2D eigenvalue weighted by Crippen LogP contribution is -2.65. The number of amides is 3. The molecule has 2 aromatic carbocycles. The van der Waals surface area contributed by atoms with Crippen LogP contribution in [0.5, 0.6) is 11.5 Å². The number of nitrogens with one attached hydrogen (secondary N) is 2. The number of urea groups is 1. The number of rotatable bonds is 3. The van der Waals surface area contributed by atoms with Crippen LogP contribution in [-0.2, 0) is 0 Å². The molecule has 0 aromatic heterocycles. The number of para-hydroxylation sites is 3. The summed E-state index contributed by atoms with van der Waals surface area (Å²) in [6.45, 7) is 0. The van der Waals surface area contributed by atoms with Crippen LogP contribution in [0.2, 0.25) is 0 Å². The number of fused-ring (bicyclic) bond motifs is 1. The Morgan fingerprint density at radius 2 is 1.50 bits per heavy atom. The Morgan fingerprint density at radius 1 is 0.962 bits per heavy atom. The van der Waals surface area contributed by atoms with Gasteiger partial charge in [-0.3, -0.25) is 10.1 Å². The number of carbonyl (C=O) groups excluding carboxylic acids is 2. The molecule has 3 amide bonds. The van der Waals surface area contributed by atoms with Gasteiger partial charge in [-0.25, -0.2) is 4.79 Å². The van der Waals surface area contributed by atoms with E-state index in [0.717, 1.165) is 0 Å². The van der Waals surface area contributed by atoms with Crippen molar-refractivity contribution < 1.29 is 32.2 Å². The molecule has 0 aliphatic carbocycles. The predicted octanol–water partition coefficient (Wildman–Crippen LogP) is 2.59. The molecule has 0 radical (unpaired) electrons. The highest BCUT2D eigenvalue weighted by atomic mass is 19.4. The molecule has 0 saturated heterocycles. The molecule has 2 aromatic rings. The Morgan fingerprint density at radius 3 is 2.04 bits per heavy atom. The summed E-state index contributed by atoms with van der Waals surface area (Å²) in [7, 11) is 0. The van der Waals surface area contributed by atoms with Crippen LogP contribution in [0.3, 0.4) is 0 Å². The molecule has 136 valence electrons. The molecule has 0 spiro atoms. The molecule has 0 unspecified atom stereocenters. The van der Waals surface area contributed by atoms with Crippen LogP contribution in [0.1, 0.15) is 10.4 Å². The molecule has 1 heterocycles. The summed E-state index contributed by atoms with van der Waals surface area (Å²) in [6.07, 6.45) is -5.09. The van der Waals surface area contributed by atoms with Crippen LogP contribution in [0.25, 0.3) is 0 Å². The van der Waals surface area contributed by atoms with Crippen molar-refractivity contribution in [2.45, 2.75) is 12.1 Å². The monoisotopic (exact) mass is 367 g/mol. The average Bonchev–Trinajstić information content (AvgIpc) is 2.94. The average molecular weight is 367 g/mol. The van der Waals surface area contributed by atoms with Gasteiger partial charge in [0.15, 0.2) is 11.5 Å². The number of alkyl halides is 3. The second kappa shape index (κ2) is 6.14. The van der Waals surface area contributed by atoms with Gasteiger partial charge >= 0.3 is 18.1 Å². The molecule has 0 saturated carbocycles. The summed E-state index contributed by atoms with van der Waals surface area (Å²) < 4.78 is 50.2. The molecule has 0 atom stereocenters. The summed E-state index contributed by atoms with van der Waals surface area (Å²) in [5.74, 6) is -4.61. The lowest BCUT2D eigenvalue weighted by molar-refractivity contribution is -0.317. The maximum Gasteiger partial charge on any atom is 0.492 e. The van der Waals surface area contributed by atoms with E-state index < -0.39 is 24.0 Å². The largest absolute Gasteiger partial charge is 0.492 e. The smallest absolute Gasteiger partial charge is 0.424 e. The molecule has 10 heteroatoms. The normalized spacial score (nSPS) is 14.6. The van der Waals surface area contributed by atoms with E-state index in [1.165, 1.54) is 48.5 Å². The van der Waals surface area contributed by atoms with Crippen LogP contribution in [0.15, 0.2) is 48.5 Å². The van der Waals surface area contributed by atoms with E-state index in [0.29, 0.717) is 0 Å². The topological polar surface area (TPSA) is 103 Å². The lowest BCUT2D eigenvalue weighted by Gasteiger charge is -2.29. The lowest BCUT2D eigenvalue weighted by atomic mass is 10.1. The first-order valence-electron chi connectivity index (χ1n) is 7.24. The second-order valence-electron chi connectivity index (χ2n) is 5.25. The highest BCUT2D eigenvalue weighted by Crippen LogP contribution is 2.44. The van der Waals surface area contributed by atoms with Crippen LogP contribution < -0.4 is 25.8 Å². The number of nitrogens with two attached hydrogens (primary N) is 1. The number of hydrogen-bond acceptors (Lipinski definition) is 4. The molecular weight excluding hydrogens is 355 g/mol. The zero-order valence-corrected chi connectivity index (χ0v) is 13.0. The molecule has 26 heavy (non-hydrogen) atoms. The molecule has 4 N–H and O–H groups in total. The van der Waals surface area contributed by atoms with Crippen molar-refractivity contribution in [2.75, 3.05) is 5.32 Å². The number of anilines is 1. The fourth-order valence-electron chi connectivity index (χ4n) is 2.30. The van der Waals surface area contributed by atoms with Gasteiger partial charge in [-0.05, 0) is 24.3 Å². The minimum absolute atomic E-state index is 0.0645. The number of benzene rings is 2. The molecule has 0 bridgehead atoms.